The number of hydrogen-bond donors (Lipinski definition) is 1. The van der Waals surface area contributed by atoms with E-state index in [9.17, 15) is 14.7 Å². The molecule has 0 aliphatic carbocycles. The van der Waals surface area contributed by atoms with E-state index < -0.39 is 17.7 Å². The molecule has 1 atom stereocenters. The molecule has 0 saturated carbocycles. The van der Waals surface area contributed by atoms with E-state index in [1.807, 2.05) is 56.3 Å². The van der Waals surface area contributed by atoms with E-state index in [0.29, 0.717) is 46.5 Å². The van der Waals surface area contributed by atoms with Crippen LogP contribution in [0.4, 0.5) is 5.13 Å². The van der Waals surface area contributed by atoms with Crippen molar-refractivity contribution >= 4 is 60.1 Å². The van der Waals surface area contributed by atoms with E-state index >= 15 is 0 Å². The molecular weight excluding hydrogens is 568 g/mol. The number of rotatable bonds is 8. The number of aliphatic hydroxyl groups excluding tert-OH is 1. The second-order valence-corrected chi connectivity index (χ2v) is 10.6. The van der Waals surface area contributed by atoms with Crippen molar-refractivity contribution in [3.8, 4) is 11.5 Å². The molecule has 1 saturated heterocycles. The molecule has 1 aromatic heterocycles. The molecule has 1 aliphatic rings. The Morgan fingerprint density at radius 2 is 1.79 bits per heavy atom. The number of benzene rings is 3. The first kappa shape index (κ1) is 25.9. The lowest BCUT2D eigenvalue weighted by Gasteiger charge is -2.23. The number of carbonyl (C=O) groups is 2. The van der Waals surface area contributed by atoms with Gasteiger partial charge in [0, 0.05) is 10.0 Å². The van der Waals surface area contributed by atoms with Crippen molar-refractivity contribution in [3.05, 3.63) is 87.9 Å². The van der Waals surface area contributed by atoms with Gasteiger partial charge < -0.3 is 14.6 Å². The van der Waals surface area contributed by atoms with E-state index in [0.717, 1.165) is 15.6 Å². The number of Topliss-reactive ketones (excluding diaryl/α,β-unsaturated/α-hetero) is 1. The van der Waals surface area contributed by atoms with Gasteiger partial charge >= 0.3 is 5.91 Å². The predicted octanol–water partition coefficient (Wildman–Crippen LogP) is 6.87. The number of anilines is 1. The average molecular weight is 593 g/mol. The molecule has 4 aromatic rings. The first-order valence-corrected chi connectivity index (χ1v) is 13.8. The van der Waals surface area contributed by atoms with Crippen LogP contribution in [0.25, 0.3) is 16.0 Å². The maximum Gasteiger partial charge on any atom is 0.301 e. The minimum atomic E-state index is -0.865. The van der Waals surface area contributed by atoms with Crippen molar-refractivity contribution in [2.45, 2.75) is 26.3 Å². The fourth-order valence-electron chi connectivity index (χ4n) is 4.36. The number of thiazole rings is 1. The lowest BCUT2D eigenvalue weighted by molar-refractivity contribution is -0.132. The van der Waals surface area contributed by atoms with Gasteiger partial charge in [0.15, 0.2) is 5.13 Å². The summed E-state index contributed by atoms with van der Waals surface area (Å²) in [6, 6.07) is 18.8. The lowest BCUT2D eigenvalue weighted by Crippen LogP contribution is -2.29. The number of nitrogens with zero attached hydrogens (tertiary/aromatic N) is 2. The molecule has 1 N–H and O–H groups in total. The Morgan fingerprint density at radius 1 is 1.03 bits per heavy atom. The van der Waals surface area contributed by atoms with Crippen molar-refractivity contribution in [2.75, 3.05) is 18.1 Å². The molecule has 2 heterocycles. The smallest absolute Gasteiger partial charge is 0.301 e. The first-order valence-electron chi connectivity index (χ1n) is 12.2. The lowest BCUT2D eigenvalue weighted by atomic mass is 9.95. The topological polar surface area (TPSA) is 89.0 Å². The molecule has 1 aliphatic heterocycles. The fourth-order valence-corrected chi connectivity index (χ4v) is 5.80. The Labute approximate surface area is 232 Å². The Kier molecular flexibility index (Phi) is 7.49. The zero-order valence-electron chi connectivity index (χ0n) is 20.8. The molecular formula is C29H25BrN2O5S. The summed E-state index contributed by atoms with van der Waals surface area (Å²) in [6.07, 6.45) is 0.872. The van der Waals surface area contributed by atoms with Gasteiger partial charge in [-0.15, -0.1) is 0 Å². The zero-order valence-corrected chi connectivity index (χ0v) is 23.2. The Morgan fingerprint density at radius 3 is 2.50 bits per heavy atom. The molecule has 1 unspecified atom stereocenters. The summed E-state index contributed by atoms with van der Waals surface area (Å²) in [5.41, 5.74) is 1.77. The Bertz CT molecular complexity index is 1550. The van der Waals surface area contributed by atoms with Crippen LogP contribution in [0, 0.1) is 0 Å². The number of fused-ring (bicyclic) bond motifs is 1. The monoisotopic (exact) mass is 592 g/mol. The van der Waals surface area contributed by atoms with Crippen LogP contribution in [-0.2, 0) is 9.59 Å². The minimum absolute atomic E-state index is 0.00425. The molecule has 9 heteroatoms. The summed E-state index contributed by atoms with van der Waals surface area (Å²) in [7, 11) is 0. The molecule has 1 amide bonds. The molecule has 0 bridgehead atoms. The third-order valence-corrected chi connectivity index (χ3v) is 7.59. The van der Waals surface area contributed by atoms with Crippen LogP contribution < -0.4 is 14.4 Å². The normalized spacial score (nSPS) is 16.8. The second-order valence-electron chi connectivity index (χ2n) is 8.66. The number of ether oxygens (including phenoxy) is 2. The van der Waals surface area contributed by atoms with E-state index in [2.05, 4.69) is 20.9 Å². The zero-order chi connectivity index (χ0) is 26.8. The van der Waals surface area contributed by atoms with E-state index in [4.69, 9.17) is 9.47 Å². The highest BCUT2D eigenvalue weighted by Crippen LogP contribution is 2.45. The van der Waals surface area contributed by atoms with Gasteiger partial charge in [-0.25, -0.2) is 4.98 Å². The van der Waals surface area contributed by atoms with Crippen LogP contribution in [0.15, 0.2) is 76.8 Å². The van der Waals surface area contributed by atoms with Crippen LogP contribution >= 0.6 is 27.3 Å². The van der Waals surface area contributed by atoms with Crippen molar-refractivity contribution in [2.24, 2.45) is 0 Å². The summed E-state index contributed by atoms with van der Waals surface area (Å²) in [5.74, 6) is -0.408. The number of hydrogen-bond acceptors (Lipinski definition) is 7. The van der Waals surface area contributed by atoms with Gasteiger partial charge in [0.05, 0.1) is 35.0 Å². The van der Waals surface area contributed by atoms with Crippen LogP contribution in [-0.4, -0.2) is 35.0 Å². The SMILES string of the molecule is CCCOc1ccc(C(O)=C2C(=O)C(=O)N(c3nc4ccc(OCC)cc4s3)C2c2cccc(Br)c2)cc1. The Balaban J connectivity index is 1.63. The number of amides is 1. The summed E-state index contributed by atoms with van der Waals surface area (Å²) >= 11 is 4.78. The number of carbonyl (C=O) groups excluding carboxylic acids is 2. The van der Waals surface area contributed by atoms with Gasteiger partial charge in [0.1, 0.15) is 17.3 Å². The summed E-state index contributed by atoms with van der Waals surface area (Å²) in [6.45, 7) is 5.03. The Hall–Kier alpha value is -3.69. The maximum absolute atomic E-state index is 13.5. The highest BCUT2D eigenvalue weighted by Gasteiger charge is 2.48. The summed E-state index contributed by atoms with van der Waals surface area (Å²) in [5, 5.41) is 11.7. The van der Waals surface area contributed by atoms with Crippen LogP contribution in [0.3, 0.4) is 0 Å². The van der Waals surface area contributed by atoms with Crippen molar-refractivity contribution in [1.82, 2.24) is 4.98 Å². The van der Waals surface area contributed by atoms with E-state index in [1.165, 1.54) is 16.2 Å². The highest BCUT2D eigenvalue weighted by atomic mass is 79.9. The van der Waals surface area contributed by atoms with Crippen molar-refractivity contribution in [1.29, 1.82) is 0 Å². The van der Waals surface area contributed by atoms with Crippen molar-refractivity contribution in [3.63, 3.8) is 0 Å². The molecule has 0 radical (unpaired) electrons. The average Bonchev–Trinajstić information content (AvgIpc) is 3.45. The third kappa shape index (κ3) is 4.91. The van der Waals surface area contributed by atoms with Gasteiger partial charge in [0.25, 0.3) is 5.78 Å². The summed E-state index contributed by atoms with van der Waals surface area (Å²) < 4.78 is 12.8. The summed E-state index contributed by atoms with van der Waals surface area (Å²) in [4.78, 5) is 33.0. The molecule has 1 fully saturated rings. The standard InChI is InChI=1S/C29H25BrN2O5S/c1-3-14-37-20-10-8-17(9-11-20)26(33)24-25(18-6-5-7-19(30)15-18)32(28(35)27(24)34)29-31-22-13-12-21(36-4-2)16-23(22)38-29/h5-13,15-16,25,33H,3-4,14H2,1-2H3. The molecule has 0 spiro atoms. The molecule has 7 nitrogen and oxygen atoms in total. The highest BCUT2D eigenvalue weighted by molar-refractivity contribution is 9.10. The quantitative estimate of drug-likeness (QED) is 0.136. The third-order valence-electron chi connectivity index (χ3n) is 6.08. The van der Waals surface area contributed by atoms with Gasteiger partial charge in [-0.1, -0.05) is 46.3 Å². The maximum atomic E-state index is 13.5. The first-order chi connectivity index (χ1) is 18.4. The number of halogens is 1. The molecule has 5 rings (SSSR count). The molecule has 194 valence electrons. The number of aliphatic hydroxyl groups is 1. The largest absolute Gasteiger partial charge is 0.507 e. The number of aromatic nitrogens is 1. The van der Waals surface area contributed by atoms with Gasteiger partial charge in [-0.3, -0.25) is 14.5 Å². The van der Waals surface area contributed by atoms with E-state index in [-0.39, 0.29) is 11.3 Å². The minimum Gasteiger partial charge on any atom is -0.507 e. The predicted molar refractivity (Wildman–Crippen MR) is 152 cm³/mol. The molecule has 38 heavy (non-hydrogen) atoms. The van der Waals surface area contributed by atoms with Crippen molar-refractivity contribution < 1.29 is 24.2 Å². The van der Waals surface area contributed by atoms with Crippen LogP contribution in [0.1, 0.15) is 37.4 Å². The number of ketones is 1. The van der Waals surface area contributed by atoms with Gasteiger partial charge in [0.2, 0.25) is 0 Å². The fraction of sp³-hybridized carbons (Fsp3) is 0.207. The van der Waals surface area contributed by atoms with Crippen LogP contribution in [0.2, 0.25) is 0 Å². The molecule has 3 aromatic carbocycles. The second kappa shape index (κ2) is 11.0. The van der Waals surface area contributed by atoms with Gasteiger partial charge in [-0.05, 0) is 73.5 Å². The van der Waals surface area contributed by atoms with E-state index in [1.54, 1.807) is 24.3 Å². The van der Waals surface area contributed by atoms with Crippen LogP contribution in [0.5, 0.6) is 11.5 Å². The van der Waals surface area contributed by atoms with Gasteiger partial charge in [-0.2, -0.15) is 0 Å².